The Bertz CT molecular complexity index is 1990. The zero-order valence-corrected chi connectivity index (χ0v) is 21.9. The zero-order chi connectivity index (χ0) is 26.5. The van der Waals surface area contributed by atoms with Gasteiger partial charge in [-0.05, 0) is 58.7 Å². The quantitative estimate of drug-likeness (QED) is 0.223. The van der Waals surface area contributed by atoms with Gasteiger partial charge in [0.15, 0.2) is 0 Å². The van der Waals surface area contributed by atoms with Crippen LogP contribution in [0.5, 0.6) is 0 Å². The van der Waals surface area contributed by atoms with Crippen LogP contribution >= 0.6 is 0 Å². The van der Waals surface area contributed by atoms with Crippen molar-refractivity contribution in [2.24, 2.45) is 0 Å². The Morgan fingerprint density at radius 1 is 0.300 bits per heavy atom. The minimum atomic E-state index is 1.16. The number of fused-ring (bicyclic) bond motifs is 5. The summed E-state index contributed by atoms with van der Waals surface area (Å²) >= 11 is 0. The molecular formula is C38H26N2. The van der Waals surface area contributed by atoms with Crippen LogP contribution in [0.2, 0.25) is 0 Å². The van der Waals surface area contributed by atoms with E-state index in [0.717, 1.165) is 11.4 Å². The molecule has 0 N–H and O–H groups in total. The monoisotopic (exact) mass is 510 g/mol. The summed E-state index contributed by atoms with van der Waals surface area (Å²) in [4.78, 5) is 0. The Morgan fingerprint density at radius 2 is 0.675 bits per heavy atom. The maximum atomic E-state index is 2.44. The molecule has 0 bridgehead atoms. The SMILES string of the molecule is c1ccc(-c2cccc(-n3c4ccccc4c4c3c3ccccc3n4-c3cccc(-c4ccccc4)c3)c2)cc1. The first-order valence-electron chi connectivity index (χ1n) is 13.7. The third-order valence-electron chi connectivity index (χ3n) is 7.89. The minimum Gasteiger partial charge on any atom is -0.307 e. The van der Waals surface area contributed by atoms with Crippen molar-refractivity contribution in [1.29, 1.82) is 0 Å². The number of nitrogens with zero attached hydrogens (tertiary/aromatic N) is 2. The van der Waals surface area contributed by atoms with Gasteiger partial charge in [-0.2, -0.15) is 0 Å². The molecule has 2 aromatic heterocycles. The summed E-state index contributed by atoms with van der Waals surface area (Å²) in [5.41, 5.74) is 12.1. The van der Waals surface area contributed by atoms with Crippen LogP contribution in [0.15, 0.2) is 158 Å². The summed E-state index contributed by atoms with van der Waals surface area (Å²) < 4.78 is 4.88. The van der Waals surface area contributed by atoms with Crippen molar-refractivity contribution in [3.05, 3.63) is 158 Å². The fourth-order valence-electron chi connectivity index (χ4n) is 6.13. The van der Waals surface area contributed by atoms with E-state index in [4.69, 9.17) is 0 Å². The maximum absolute atomic E-state index is 2.44. The molecule has 188 valence electrons. The molecule has 8 aromatic rings. The molecule has 0 saturated carbocycles. The topological polar surface area (TPSA) is 9.86 Å². The molecule has 0 atom stereocenters. The average molecular weight is 511 g/mol. The maximum Gasteiger partial charge on any atom is 0.0803 e. The first-order valence-corrected chi connectivity index (χ1v) is 13.7. The Hall–Kier alpha value is -5.34. The number of aromatic nitrogens is 2. The highest BCUT2D eigenvalue weighted by molar-refractivity contribution is 6.20. The van der Waals surface area contributed by atoms with Gasteiger partial charge >= 0.3 is 0 Å². The van der Waals surface area contributed by atoms with Crippen LogP contribution < -0.4 is 0 Å². The zero-order valence-electron chi connectivity index (χ0n) is 21.9. The molecule has 0 aliphatic rings. The highest BCUT2D eigenvalue weighted by Crippen LogP contribution is 2.41. The van der Waals surface area contributed by atoms with E-state index in [2.05, 4.69) is 167 Å². The summed E-state index contributed by atoms with van der Waals surface area (Å²) in [5, 5.41) is 2.48. The van der Waals surface area contributed by atoms with Gasteiger partial charge in [0.05, 0.1) is 22.1 Å². The van der Waals surface area contributed by atoms with Gasteiger partial charge in [0.1, 0.15) is 0 Å². The first-order chi connectivity index (χ1) is 19.9. The number of rotatable bonds is 4. The first kappa shape index (κ1) is 22.6. The van der Waals surface area contributed by atoms with Crippen molar-refractivity contribution in [2.45, 2.75) is 0 Å². The highest BCUT2D eigenvalue weighted by atomic mass is 15.1. The van der Waals surface area contributed by atoms with Crippen LogP contribution in [0, 0.1) is 0 Å². The molecule has 0 aliphatic heterocycles. The average Bonchev–Trinajstić information content (AvgIpc) is 3.55. The molecular weight excluding hydrogens is 484 g/mol. The van der Waals surface area contributed by atoms with Crippen molar-refractivity contribution in [3.63, 3.8) is 0 Å². The van der Waals surface area contributed by atoms with Gasteiger partial charge in [-0.3, -0.25) is 0 Å². The number of benzene rings is 6. The van der Waals surface area contributed by atoms with Gasteiger partial charge in [0, 0.05) is 22.1 Å². The molecule has 0 radical (unpaired) electrons. The van der Waals surface area contributed by atoms with Crippen LogP contribution in [0.1, 0.15) is 0 Å². The number of para-hydroxylation sites is 2. The largest absolute Gasteiger partial charge is 0.307 e. The van der Waals surface area contributed by atoms with Gasteiger partial charge in [0.25, 0.3) is 0 Å². The molecule has 2 heterocycles. The fraction of sp³-hybridized carbons (Fsp3) is 0. The smallest absolute Gasteiger partial charge is 0.0803 e. The Balaban J connectivity index is 1.46. The summed E-state index contributed by atoms with van der Waals surface area (Å²) in [6.07, 6.45) is 0. The predicted molar refractivity (Wildman–Crippen MR) is 168 cm³/mol. The van der Waals surface area contributed by atoms with Crippen molar-refractivity contribution in [1.82, 2.24) is 9.13 Å². The molecule has 0 unspecified atom stereocenters. The third-order valence-corrected chi connectivity index (χ3v) is 7.89. The molecule has 8 rings (SSSR count). The summed E-state index contributed by atoms with van der Waals surface area (Å²) in [5.74, 6) is 0. The molecule has 0 aliphatic carbocycles. The van der Waals surface area contributed by atoms with E-state index >= 15 is 0 Å². The van der Waals surface area contributed by atoms with Crippen molar-refractivity contribution in [2.75, 3.05) is 0 Å². The second-order valence-corrected chi connectivity index (χ2v) is 10.2. The van der Waals surface area contributed by atoms with E-state index in [9.17, 15) is 0 Å². The summed E-state index contributed by atoms with van der Waals surface area (Å²) in [7, 11) is 0. The molecule has 0 saturated heterocycles. The molecule has 2 heteroatoms. The van der Waals surface area contributed by atoms with E-state index in [1.807, 2.05) is 0 Å². The lowest BCUT2D eigenvalue weighted by Gasteiger charge is -2.11. The minimum absolute atomic E-state index is 1.16. The number of hydrogen-bond donors (Lipinski definition) is 0. The van der Waals surface area contributed by atoms with Gasteiger partial charge in [-0.15, -0.1) is 0 Å². The summed E-state index contributed by atoms with van der Waals surface area (Å²) in [6, 6.07) is 56.6. The third kappa shape index (κ3) is 3.50. The van der Waals surface area contributed by atoms with E-state index in [1.165, 1.54) is 55.1 Å². The number of hydrogen-bond acceptors (Lipinski definition) is 0. The lowest BCUT2D eigenvalue weighted by atomic mass is 10.1. The van der Waals surface area contributed by atoms with Crippen LogP contribution in [0.4, 0.5) is 0 Å². The summed E-state index contributed by atoms with van der Waals surface area (Å²) in [6.45, 7) is 0. The molecule has 2 nitrogen and oxygen atoms in total. The Labute approximate surface area is 233 Å². The molecule has 40 heavy (non-hydrogen) atoms. The van der Waals surface area contributed by atoms with E-state index in [-0.39, 0.29) is 0 Å². The molecule has 0 amide bonds. The fourth-order valence-corrected chi connectivity index (χ4v) is 6.13. The predicted octanol–water partition coefficient (Wildman–Crippen LogP) is 10.1. The lowest BCUT2D eigenvalue weighted by molar-refractivity contribution is 1.17. The highest BCUT2D eigenvalue weighted by Gasteiger charge is 2.22. The van der Waals surface area contributed by atoms with Crippen LogP contribution in [0.25, 0.3) is 66.5 Å². The van der Waals surface area contributed by atoms with Gasteiger partial charge < -0.3 is 9.13 Å². The second-order valence-electron chi connectivity index (χ2n) is 10.2. The standard InChI is InChI=1S/C38H26N2/c1-3-13-27(14-4-1)29-17-11-19-31(25-29)39-35-23-9-7-21-33(35)38-37(39)34-22-8-10-24-36(34)40(38)32-20-12-18-30(26-32)28-15-5-2-6-16-28/h1-26H. The van der Waals surface area contributed by atoms with Crippen LogP contribution in [-0.4, -0.2) is 9.13 Å². The molecule has 6 aromatic carbocycles. The van der Waals surface area contributed by atoms with Crippen molar-refractivity contribution < 1.29 is 0 Å². The second kappa shape index (κ2) is 9.14. The van der Waals surface area contributed by atoms with Gasteiger partial charge in [-0.1, -0.05) is 121 Å². The Morgan fingerprint density at radius 3 is 1.12 bits per heavy atom. The van der Waals surface area contributed by atoms with E-state index in [0.29, 0.717) is 0 Å². The van der Waals surface area contributed by atoms with E-state index < -0.39 is 0 Å². The molecule has 0 spiro atoms. The lowest BCUT2D eigenvalue weighted by Crippen LogP contribution is -1.94. The molecule has 0 fully saturated rings. The Kier molecular flexibility index (Phi) is 5.17. The van der Waals surface area contributed by atoms with Gasteiger partial charge in [-0.25, -0.2) is 0 Å². The van der Waals surface area contributed by atoms with Crippen molar-refractivity contribution >= 4 is 32.8 Å². The van der Waals surface area contributed by atoms with Crippen molar-refractivity contribution in [3.8, 4) is 33.6 Å². The van der Waals surface area contributed by atoms with Crippen LogP contribution in [-0.2, 0) is 0 Å². The normalized spacial score (nSPS) is 11.5. The van der Waals surface area contributed by atoms with Gasteiger partial charge in [0.2, 0.25) is 0 Å². The van der Waals surface area contributed by atoms with E-state index in [1.54, 1.807) is 0 Å². The van der Waals surface area contributed by atoms with Crippen LogP contribution in [0.3, 0.4) is 0 Å².